The number of piperidine rings is 1. The smallest absolute Gasteiger partial charge is 0.00463 e. The van der Waals surface area contributed by atoms with Crippen molar-refractivity contribution in [2.24, 2.45) is 11.3 Å². The van der Waals surface area contributed by atoms with Crippen LogP contribution in [0.25, 0.3) is 0 Å². The molecule has 1 nitrogen and oxygen atoms in total. The maximum Gasteiger partial charge on any atom is -0.00463 e. The van der Waals surface area contributed by atoms with Crippen molar-refractivity contribution in [1.82, 2.24) is 5.32 Å². The van der Waals surface area contributed by atoms with Crippen molar-refractivity contribution in [3.05, 3.63) is 0 Å². The Kier molecular flexibility index (Phi) is 3.48. The summed E-state index contributed by atoms with van der Waals surface area (Å²) in [5.41, 5.74) is 0.709. The predicted octanol–water partition coefficient (Wildman–Crippen LogP) is 3.35. The second-order valence-electron chi connectivity index (χ2n) is 5.77. The molecule has 2 fully saturated rings. The Balaban J connectivity index is 1.81. The highest BCUT2D eigenvalue weighted by atomic mass is 14.9. The van der Waals surface area contributed by atoms with Crippen LogP contribution in [0.2, 0.25) is 0 Å². The minimum absolute atomic E-state index is 0.709. The van der Waals surface area contributed by atoms with Crippen molar-refractivity contribution in [1.29, 1.82) is 0 Å². The quantitative estimate of drug-likeness (QED) is 0.712. The molecule has 0 bridgehead atoms. The van der Waals surface area contributed by atoms with Crippen LogP contribution in [0.4, 0.5) is 0 Å². The van der Waals surface area contributed by atoms with Gasteiger partial charge in [-0.25, -0.2) is 0 Å². The third-order valence-corrected chi connectivity index (χ3v) is 4.30. The highest BCUT2D eigenvalue weighted by molar-refractivity contribution is 4.82. The topological polar surface area (TPSA) is 12.0 Å². The first kappa shape index (κ1) is 10.5. The first-order valence-electron chi connectivity index (χ1n) is 6.49. The first-order chi connectivity index (χ1) is 6.79. The van der Waals surface area contributed by atoms with Gasteiger partial charge in [0, 0.05) is 0 Å². The van der Waals surface area contributed by atoms with Crippen LogP contribution in [-0.4, -0.2) is 13.1 Å². The molecule has 0 atom stereocenters. The van der Waals surface area contributed by atoms with Crippen molar-refractivity contribution < 1.29 is 0 Å². The molecule has 82 valence electrons. The zero-order valence-corrected chi connectivity index (χ0v) is 9.65. The van der Waals surface area contributed by atoms with Gasteiger partial charge in [-0.3, -0.25) is 0 Å². The Labute approximate surface area is 88.7 Å². The van der Waals surface area contributed by atoms with Crippen LogP contribution in [0.3, 0.4) is 0 Å². The molecular weight excluding hydrogens is 170 g/mol. The minimum Gasteiger partial charge on any atom is -0.317 e. The van der Waals surface area contributed by atoms with Crippen LogP contribution >= 0.6 is 0 Å². The summed E-state index contributed by atoms with van der Waals surface area (Å²) >= 11 is 0. The van der Waals surface area contributed by atoms with Crippen molar-refractivity contribution in [2.75, 3.05) is 13.1 Å². The molecule has 2 rings (SSSR count). The normalized spacial score (nSPS) is 28.9. The van der Waals surface area contributed by atoms with E-state index in [2.05, 4.69) is 12.2 Å². The van der Waals surface area contributed by atoms with Crippen LogP contribution in [0.15, 0.2) is 0 Å². The number of hydrogen-bond donors (Lipinski definition) is 1. The fourth-order valence-electron chi connectivity index (χ4n) is 3.39. The van der Waals surface area contributed by atoms with Gasteiger partial charge in [0.25, 0.3) is 0 Å². The van der Waals surface area contributed by atoms with Gasteiger partial charge in [-0.1, -0.05) is 26.2 Å². The highest BCUT2D eigenvalue weighted by Crippen LogP contribution is 2.42. The standard InChI is InChI=1S/C13H25N/c1-13(7-3-2-4-8-13)11-12-5-9-14-10-6-12/h12,14H,2-11H2,1H3. The van der Waals surface area contributed by atoms with Gasteiger partial charge in [0.1, 0.15) is 0 Å². The van der Waals surface area contributed by atoms with Gasteiger partial charge in [0.2, 0.25) is 0 Å². The summed E-state index contributed by atoms with van der Waals surface area (Å²) in [6.45, 7) is 5.07. The molecule has 0 aromatic heterocycles. The van der Waals surface area contributed by atoms with Crippen molar-refractivity contribution in [3.63, 3.8) is 0 Å². The van der Waals surface area contributed by atoms with Gasteiger partial charge in [0.15, 0.2) is 0 Å². The highest BCUT2D eigenvalue weighted by Gasteiger charge is 2.30. The Morgan fingerprint density at radius 1 is 1.07 bits per heavy atom. The average Bonchev–Trinajstić information content (AvgIpc) is 2.19. The molecule has 1 heterocycles. The number of hydrogen-bond acceptors (Lipinski definition) is 1. The predicted molar refractivity (Wildman–Crippen MR) is 61.4 cm³/mol. The molecule has 0 aromatic rings. The summed E-state index contributed by atoms with van der Waals surface area (Å²) < 4.78 is 0. The molecule has 1 heteroatoms. The molecule has 1 aliphatic carbocycles. The molecule has 0 aromatic carbocycles. The minimum atomic E-state index is 0.709. The lowest BCUT2D eigenvalue weighted by molar-refractivity contribution is 0.149. The van der Waals surface area contributed by atoms with Gasteiger partial charge < -0.3 is 5.32 Å². The summed E-state index contributed by atoms with van der Waals surface area (Å²) in [7, 11) is 0. The maximum atomic E-state index is 3.46. The van der Waals surface area contributed by atoms with Crippen molar-refractivity contribution in [3.8, 4) is 0 Å². The van der Waals surface area contributed by atoms with Gasteiger partial charge in [-0.05, 0) is 56.5 Å². The lowest BCUT2D eigenvalue weighted by Crippen LogP contribution is -2.32. The van der Waals surface area contributed by atoms with E-state index in [4.69, 9.17) is 0 Å². The van der Waals surface area contributed by atoms with Crippen molar-refractivity contribution >= 4 is 0 Å². The van der Waals surface area contributed by atoms with Crippen LogP contribution in [-0.2, 0) is 0 Å². The van der Waals surface area contributed by atoms with E-state index < -0.39 is 0 Å². The van der Waals surface area contributed by atoms with E-state index in [9.17, 15) is 0 Å². The summed E-state index contributed by atoms with van der Waals surface area (Å²) in [6, 6.07) is 0. The molecule has 1 saturated carbocycles. The second kappa shape index (κ2) is 4.65. The summed E-state index contributed by atoms with van der Waals surface area (Å²) in [4.78, 5) is 0. The average molecular weight is 195 g/mol. The maximum absolute atomic E-state index is 3.46. The van der Waals surface area contributed by atoms with E-state index in [0.29, 0.717) is 5.41 Å². The lowest BCUT2D eigenvalue weighted by Gasteiger charge is -2.38. The molecule has 2 aliphatic rings. The lowest BCUT2D eigenvalue weighted by atomic mass is 9.69. The Morgan fingerprint density at radius 2 is 1.71 bits per heavy atom. The Bertz CT molecular complexity index is 164. The van der Waals surface area contributed by atoms with E-state index in [1.807, 2.05) is 0 Å². The van der Waals surface area contributed by atoms with Gasteiger partial charge in [-0.15, -0.1) is 0 Å². The Hall–Kier alpha value is -0.0400. The summed E-state index contributed by atoms with van der Waals surface area (Å²) in [5.74, 6) is 1.03. The monoisotopic (exact) mass is 195 g/mol. The third kappa shape index (κ3) is 2.73. The summed E-state index contributed by atoms with van der Waals surface area (Å²) in [6.07, 6.45) is 11.8. The molecule has 0 spiro atoms. The third-order valence-electron chi connectivity index (χ3n) is 4.30. The van der Waals surface area contributed by atoms with E-state index in [0.717, 1.165) is 5.92 Å². The van der Waals surface area contributed by atoms with Crippen LogP contribution < -0.4 is 5.32 Å². The molecule has 0 amide bonds. The van der Waals surface area contributed by atoms with Crippen LogP contribution in [0, 0.1) is 11.3 Å². The van der Waals surface area contributed by atoms with Crippen LogP contribution in [0.5, 0.6) is 0 Å². The zero-order valence-electron chi connectivity index (χ0n) is 9.65. The van der Waals surface area contributed by atoms with Gasteiger partial charge in [0.05, 0.1) is 0 Å². The molecule has 1 saturated heterocycles. The molecule has 1 aliphatic heterocycles. The fraction of sp³-hybridized carbons (Fsp3) is 1.00. The number of nitrogens with one attached hydrogen (secondary N) is 1. The van der Waals surface area contributed by atoms with Crippen LogP contribution in [0.1, 0.15) is 58.3 Å². The SMILES string of the molecule is CC1(CC2CCNCC2)CCCCC1. The molecule has 0 unspecified atom stereocenters. The molecule has 0 radical (unpaired) electrons. The van der Waals surface area contributed by atoms with Gasteiger partial charge in [-0.2, -0.15) is 0 Å². The second-order valence-corrected chi connectivity index (χ2v) is 5.77. The molecular formula is C13H25N. The first-order valence-corrected chi connectivity index (χ1v) is 6.49. The van der Waals surface area contributed by atoms with Gasteiger partial charge >= 0.3 is 0 Å². The molecule has 14 heavy (non-hydrogen) atoms. The number of rotatable bonds is 2. The molecule has 1 N–H and O–H groups in total. The fourth-order valence-corrected chi connectivity index (χ4v) is 3.39. The zero-order chi connectivity index (χ0) is 9.86. The largest absolute Gasteiger partial charge is 0.317 e. The van der Waals surface area contributed by atoms with E-state index in [1.165, 1.54) is 64.5 Å². The van der Waals surface area contributed by atoms with E-state index in [-0.39, 0.29) is 0 Å². The van der Waals surface area contributed by atoms with Crippen molar-refractivity contribution in [2.45, 2.75) is 58.3 Å². The summed E-state index contributed by atoms with van der Waals surface area (Å²) in [5, 5.41) is 3.46. The van der Waals surface area contributed by atoms with E-state index >= 15 is 0 Å². The van der Waals surface area contributed by atoms with E-state index in [1.54, 1.807) is 0 Å². The Morgan fingerprint density at radius 3 is 2.36 bits per heavy atom.